The van der Waals surface area contributed by atoms with Crippen LogP contribution in [0.25, 0.3) is 0 Å². The molecule has 6 heteroatoms. The van der Waals surface area contributed by atoms with Gasteiger partial charge in [-0.2, -0.15) is 0 Å². The monoisotopic (exact) mass is 424 g/mol. The Morgan fingerprint density at radius 3 is 2.50 bits per heavy atom. The molecule has 0 spiro atoms. The summed E-state index contributed by atoms with van der Waals surface area (Å²) in [6.07, 6.45) is 2.23. The van der Waals surface area contributed by atoms with Gasteiger partial charge < -0.3 is 10.1 Å². The SMILES string of the molecule is CC1=C(C(=O)OCc2ccccc2C)C(c2ccc(Cl)cc2)NC(=O)N1CC1CC1. The smallest absolute Gasteiger partial charge is 0.338 e. The molecule has 1 aliphatic heterocycles. The van der Waals surface area contributed by atoms with E-state index >= 15 is 0 Å². The van der Waals surface area contributed by atoms with Crippen molar-refractivity contribution in [1.29, 1.82) is 0 Å². The third kappa shape index (κ3) is 4.36. The highest BCUT2D eigenvalue weighted by molar-refractivity contribution is 6.30. The van der Waals surface area contributed by atoms with E-state index < -0.39 is 12.0 Å². The van der Waals surface area contributed by atoms with Crippen molar-refractivity contribution in [3.8, 4) is 0 Å². The lowest BCUT2D eigenvalue weighted by Gasteiger charge is -2.35. The Labute approximate surface area is 181 Å². The number of ether oxygens (including phenoxy) is 1. The van der Waals surface area contributed by atoms with E-state index in [4.69, 9.17) is 16.3 Å². The first-order chi connectivity index (χ1) is 14.4. The Hall–Kier alpha value is -2.79. The van der Waals surface area contributed by atoms with Crippen LogP contribution in [0.1, 0.15) is 42.5 Å². The number of nitrogens with zero attached hydrogens (tertiary/aromatic N) is 1. The quantitative estimate of drug-likeness (QED) is 0.653. The molecule has 1 heterocycles. The maximum Gasteiger partial charge on any atom is 0.338 e. The fourth-order valence-corrected chi connectivity index (χ4v) is 3.85. The van der Waals surface area contributed by atoms with Crippen LogP contribution in [0.3, 0.4) is 0 Å². The average molecular weight is 425 g/mol. The highest BCUT2D eigenvalue weighted by Gasteiger charge is 2.38. The van der Waals surface area contributed by atoms with Crippen LogP contribution in [0.5, 0.6) is 0 Å². The maximum atomic E-state index is 13.2. The standard InChI is InChI=1S/C24H25ClN2O3/c1-15-5-3-4-6-19(15)14-30-23(28)21-16(2)27(13-17-7-8-17)24(29)26-22(21)18-9-11-20(25)12-10-18/h3-6,9-12,17,22H,7-8,13-14H2,1-2H3,(H,26,29). The van der Waals surface area contributed by atoms with Crippen molar-refractivity contribution in [2.45, 2.75) is 39.3 Å². The Morgan fingerprint density at radius 2 is 1.83 bits per heavy atom. The van der Waals surface area contributed by atoms with Gasteiger partial charge in [0.2, 0.25) is 0 Å². The zero-order valence-corrected chi connectivity index (χ0v) is 17.9. The lowest BCUT2D eigenvalue weighted by molar-refractivity contribution is -0.141. The minimum absolute atomic E-state index is 0.185. The number of esters is 1. The lowest BCUT2D eigenvalue weighted by Crippen LogP contribution is -2.48. The predicted octanol–water partition coefficient (Wildman–Crippen LogP) is 5.14. The number of urea groups is 1. The minimum Gasteiger partial charge on any atom is -0.457 e. The number of hydrogen-bond acceptors (Lipinski definition) is 3. The van der Waals surface area contributed by atoms with Crippen molar-refractivity contribution in [2.75, 3.05) is 6.54 Å². The number of halogens is 1. The fraction of sp³-hybridized carbons (Fsp3) is 0.333. The van der Waals surface area contributed by atoms with Gasteiger partial charge in [-0.15, -0.1) is 0 Å². The number of carbonyl (C=O) groups excluding carboxylic acids is 2. The van der Waals surface area contributed by atoms with Crippen molar-refractivity contribution in [1.82, 2.24) is 10.2 Å². The van der Waals surface area contributed by atoms with E-state index in [2.05, 4.69) is 5.32 Å². The van der Waals surface area contributed by atoms with Gasteiger partial charge in [0.1, 0.15) is 6.61 Å². The van der Waals surface area contributed by atoms with Crippen LogP contribution < -0.4 is 5.32 Å². The summed E-state index contributed by atoms with van der Waals surface area (Å²) in [7, 11) is 0. The summed E-state index contributed by atoms with van der Waals surface area (Å²) >= 11 is 6.03. The van der Waals surface area contributed by atoms with E-state index in [-0.39, 0.29) is 12.6 Å². The molecule has 30 heavy (non-hydrogen) atoms. The molecule has 1 unspecified atom stereocenters. The summed E-state index contributed by atoms with van der Waals surface area (Å²) in [5.41, 5.74) is 3.94. The Bertz CT molecular complexity index is 996. The van der Waals surface area contributed by atoms with E-state index in [0.29, 0.717) is 28.8 Å². The second-order valence-electron chi connectivity index (χ2n) is 7.99. The van der Waals surface area contributed by atoms with Gasteiger partial charge in [-0.05, 0) is 61.4 Å². The van der Waals surface area contributed by atoms with Crippen LogP contribution in [-0.2, 0) is 16.1 Å². The molecular formula is C24H25ClN2O3. The second kappa shape index (κ2) is 8.52. The van der Waals surface area contributed by atoms with E-state index in [1.54, 1.807) is 17.0 Å². The fourth-order valence-electron chi connectivity index (χ4n) is 3.72. The lowest BCUT2D eigenvalue weighted by atomic mass is 9.95. The van der Waals surface area contributed by atoms with E-state index in [1.807, 2.05) is 50.2 Å². The van der Waals surface area contributed by atoms with Crippen molar-refractivity contribution in [2.24, 2.45) is 5.92 Å². The third-order valence-electron chi connectivity index (χ3n) is 5.78. The Kier molecular flexibility index (Phi) is 5.82. The largest absolute Gasteiger partial charge is 0.457 e. The topological polar surface area (TPSA) is 58.6 Å². The molecule has 1 N–H and O–H groups in total. The maximum absolute atomic E-state index is 13.2. The molecule has 156 valence electrons. The summed E-state index contributed by atoms with van der Waals surface area (Å²) in [5.74, 6) is 0.0820. The average Bonchev–Trinajstić information content (AvgIpc) is 3.55. The molecule has 1 aliphatic carbocycles. The van der Waals surface area contributed by atoms with Crippen LogP contribution in [-0.4, -0.2) is 23.4 Å². The van der Waals surface area contributed by atoms with Crippen molar-refractivity contribution in [3.05, 3.63) is 81.5 Å². The number of allylic oxidation sites excluding steroid dienone is 1. The van der Waals surface area contributed by atoms with Crippen LogP contribution in [0.4, 0.5) is 4.79 Å². The number of benzene rings is 2. The van der Waals surface area contributed by atoms with E-state index in [1.165, 1.54) is 0 Å². The van der Waals surface area contributed by atoms with Gasteiger partial charge >= 0.3 is 12.0 Å². The molecule has 2 aromatic rings. The van der Waals surface area contributed by atoms with Gasteiger partial charge in [-0.25, -0.2) is 9.59 Å². The highest BCUT2D eigenvalue weighted by Crippen LogP contribution is 2.36. The van der Waals surface area contributed by atoms with Gasteiger partial charge in [0.15, 0.2) is 0 Å². The van der Waals surface area contributed by atoms with Crippen LogP contribution in [0.2, 0.25) is 5.02 Å². The summed E-state index contributed by atoms with van der Waals surface area (Å²) in [4.78, 5) is 27.7. The molecular weight excluding hydrogens is 400 g/mol. The normalized spacial score (nSPS) is 19.0. The van der Waals surface area contributed by atoms with Gasteiger partial charge in [0.05, 0.1) is 11.6 Å². The van der Waals surface area contributed by atoms with Crippen LogP contribution in [0.15, 0.2) is 59.8 Å². The molecule has 2 aromatic carbocycles. The molecule has 2 amide bonds. The van der Waals surface area contributed by atoms with Crippen LogP contribution >= 0.6 is 11.6 Å². The molecule has 1 atom stereocenters. The van der Waals surface area contributed by atoms with E-state index in [0.717, 1.165) is 29.5 Å². The highest BCUT2D eigenvalue weighted by atomic mass is 35.5. The number of hydrogen-bond donors (Lipinski definition) is 1. The summed E-state index contributed by atoms with van der Waals surface area (Å²) in [6, 6.07) is 14.2. The molecule has 1 saturated carbocycles. The molecule has 0 radical (unpaired) electrons. The van der Waals surface area contributed by atoms with Gasteiger partial charge in [-0.3, -0.25) is 4.90 Å². The first-order valence-electron chi connectivity index (χ1n) is 10.2. The predicted molar refractivity (Wildman–Crippen MR) is 116 cm³/mol. The van der Waals surface area contributed by atoms with Crippen molar-refractivity contribution >= 4 is 23.6 Å². The molecule has 0 bridgehead atoms. The Morgan fingerprint density at radius 1 is 1.13 bits per heavy atom. The minimum atomic E-state index is -0.574. The summed E-state index contributed by atoms with van der Waals surface area (Å²) < 4.78 is 5.70. The van der Waals surface area contributed by atoms with E-state index in [9.17, 15) is 9.59 Å². The first kappa shape index (κ1) is 20.5. The zero-order valence-electron chi connectivity index (χ0n) is 17.2. The number of carbonyl (C=O) groups is 2. The van der Waals surface area contributed by atoms with Gasteiger partial charge in [0.25, 0.3) is 0 Å². The van der Waals surface area contributed by atoms with Crippen LogP contribution in [0, 0.1) is 12.8 Å². The van der Waals surface area contributed by atoms with Gasteiger partial charge in [0, 0.05) is 17.3 Å². The van der Waals surface area contributed by atoms with Gasteiger partial charge in [-0.1, -0.05) is 48.0 Å². The molecule has 5 nitrogen and oxygen atoms in total. The molecule has 0 saturated heterocycles. The number of amides is 2. The number of nitrogens with one attached hydrogen (secondary N) is 1. The third-order valence-corrected chi connectivity index (χ3v) is 6.03. The molecule has 1 fully saturated rings. The second-order valence-corrected chi connectivity index (χ2v) is 8.43. The molecule has 0 aromatic heterocycles. The van der Waals surface area contributed by atoms with Crippen molar-refractivity contribution < 1.29 is 14.3 Å². The zero-order chi connectivity index (χ0) is 21.3. The molecule has 4 rings (SSSR count). The summed E-state index contributed by atoms with van der Waals surface area (Å²) in [5, 5.41) is 3.59. The number of aryl methyl sites for hydroxylation is 1. The first-order valence-corrected chi connectivity index (χ1v) is 10.6. The number of rotatable bonds is 6. The summed E-state index contributed by atoms with van der Waals surface area (Å²) in [6.45, 7) is 4.63. The Balaban J connectivity index is 1.64. The van der Waals surface area contributed by atoms with Crippen molar-refractivity contribution in [3.63, 3.8) is 0 Å². The molecule has 2 aliphatic rings.